The highest BCUT2D eigenvalue weighted by Gasteiger charge is 2.20. The summed E-state index contributed by atoms with van der Waals surface area (Å²) in [5.41, 5.74) is 3.72. The first-order valence-corrected chi connectivity index (χ1v) is 22.7. The number of sulfonamides is 2. The van der Waals surface area contributed by atoms with Crippen molar-refractivity contribution in [2.24, 2.45) is 0 Å². The number of carboxylic acids is 1. The van der Waals surface area contributed by atoms with Gasteiger partial charge in [0.2, 0.25) is 20.0 Å². The zero-order chi connectivity index (χ0) is 48.1. The van der Waals surface area contributed by atoms with Crippen LogP contribution in [-0.2, 0) is 47.5 Å². The molecule has 0 atom stereocenters. The normalized spacial score (nSPS) is 11.3. The first-order chi connectivity index (χ1) is 31.2. The van der Waals surface area contributed by atoms with Gasteiger partial charge in [0, 0.05) is 24.2 Å². The Hall–Kier alpha value is -7.48. The number of ether oxygens (including phenoxy) is 3. The summed E-state index contributed by atoms with van der Waals surface area (Å²) in [7, 11) is -7.73. The van der Waals surface area contributed by atoms with E-state index < -0.39 is 55.8 Å². The van der Waals surface area contributed by atoms with Crippen molar-refractivity contribution in [1.29, 1.82) is 10.5 Å². The van der Waals surface area contributed by atoms with Gasteiger partial charge in [-0.2, -0.15) is 10.5 Å². The summed E-state index contributed by atoms with van der Waals surface area (Å²) < 4.78 is 97.5. The van der Waals surface area contributed by atoms with Gasteiger partial charge in [-0.05, 0) is 140 Å². The van der Waals surface area contributed by atoms with E-state index in [1.807, 2.05) is 6.07 Å². The van der Waals surface area contributed by atoms with Gasteiger partial charge in [0.1, 0.15) is 28.7 Å². The quantitative estimate of drug-likeness (QED) is 0.0789. The molecule has 0 fully saturated rings. The Labute approximate surface area is 380 Å². The molecule has 0 bridgehead atoms. The SMILES string of the molecule is CC(C)(C)OC(=O)COc1ccc(CNS(=O)(=O)c2ccc(F)cc2)cc1-c1cccc(C#N)c1.N#Cc1cccc(-c2cc(CNS(=O)(=O)c3ccc(F)cc3)ccc2OCC(=O)O)c1. The minimum absolute atomic E-state index is 0.0446. The van der Waals surface area contributed by atoms with Crippen LogP contribution in [0.4, 0.5) is 8.78 Å². The molecule has 14 nitrogen and oxygen atoms in total. The molecule has 0 aromatic heterocycles. The molecule has 6 aromatic rings. The lowest BCUT2D eigenvalue weighted by molar-refractivity contribution is -0.157. The fourth-order valence-corrected chi connectivity index (χ4v) is 8.02. The highest BCUT2D eigenvalue weighted by atomic mass is 32.2. The summed E-state index contributed by atoms with van der Waals surface area (Å²) in [6, 6.07) is 36.4. The van der Waals surface area contributed by atoms with E-state index in [0.29, 0.717) is 50.3 Å². The number of aliphatic carboxylic acids is 1. The Kier molecular flexibility index (Phi) is 16.5. The average Bonchev–Trinajstić information content (AvgIpc) is 3.29. The second-order valence-corrected chi connectivity index (χ2v) is 18.7. The number of nitrogens with zero attached hydrogens (tertiary/aromatic N) is 2. The van der Waals surface area contributed by atoms with E-state index in [4.69, 9.17) is 24.6 Å². The standard InChI is InChI=1S/C26H25FN2O5S.C22H17FN2O5S/c1-26(2,3)34-25(30)17-33-24-12-7-19(14-23(24)20-6-4-5-18(13-20)15-28)16-29-35(31,32)22-10-8-21(27)9-11-22;23-18-5-7-19(8-6-18)31(28,29)25-13-16-4-9-21(30-14-22(26)27)20(11-16)17-3-1-2-15(10-17)12-24/h4-14,29H,16-17H2,1-3H3;1-11,25H,13-14H2,(H,26,27). The lowest BCUT2D eigenvalue weighted by Crippen LogP contribution is -2.27. The Bertz CT molecular complexity index is 3020. The number of esters is 1. The molecule has 0 amide bonds. The van der Waals surface area contributed by atoms with Crippen molar-refractivity contribution >= 4 is 32.0 Å². The number of rotatable bonds is 16. The molecule has 0 aliphatic heterocycles. The number of carbonyl (C=O) groups is 2. The number of carbonyl (C=O) groups excluding carboxylic acids is 1. The largest absolute Gasteiger partial charge is 0.481 e. The average molecular weight is 937 g/mol. The molecule has 66 heavy (non-hydrogen) atoms. The van der Waals surface area contributed by atoms with E-state index in [1.54, 1.807) is 106 Å². The molecule has 0 spiro atoms. The molecule has 0 radical (unpaired) electrons. The van der Waals surface area contributed by atoms with Crippen LogP contribution in [-0.4, -0.2) is 52.7 Å². The van der Waals surface area contributed by atoms with E-state index in [9.17, 15) is 40.5 Å². The molecule has 6 rings (SSSR count). The molecule has 3 N–H and O–H groups in total. The number of halogens is 2. The topological polar surface area (TPSA) is 222 Å². The Morgan fingerprint density at radius 3 is 1.39 bits per heavy atom. The molecule has 0 aliphatic rings. The van der Waals surface area contributed by atoms with Gasteiger partial charge in [-0.1, -0.05) is 36.4 Å². The maximum absolute atomic E-state index is 13.1. The van der Waals surface area contributed by atoms with E-state index in [0.717, 1.165) is 24.3 Å². The number of hydrogen-bond donors (Lipinski definition) is 3. The van der Waals surface area contributed by atoms with E-state index >= 15 is 0 Å². The second-order valence-electron chi connectivity index (χ2n) is 15.2. The summed E-state index contributed by atoms with van der Waals surface area (Å²) in [5.74, 6) is -2.10. The highest BCUT2D eigenvalue weighted by Crippen LogP contribution is 2.33. The molecule has 18 heteroatoms. The van der Waals surface area contributed by atoms with Crippen molar-refractivity contribution in [2.45, 2.75) is 49.3 Å². The van der Waals surface area contributed by atoms with Crippen molar-refractivity contribution in [2.75, 3.05) is 13.2 Å². The van der Waals surface area contributed by atoms with E-state index in [2.05, 4.69) is 15.5 Å². The van der Waals surface area contributed by atoms with Crippen LogP contribution in [0.5, 0.6) is 11.5 Å². The molecule has 0 saturated carbocycles. The van der Waals surface area contributed by atoms with Crippen molar-refractivity contribution in [3.05, 3.63) is 167 Å². The van der Waals surface area contributed by atoms with Crippen LogP contribution >= 0.6 is 0 Å². The highest BCUT2D eigenvalue weighted by molar-refractivity contribution is 7.89. The number of nitriles is 2. The predicted octanol–water partition coefficient (Wildman–Crippen LogP) is 7.87. The summed E-state index contributed by atoms with van der Waals surface area (Å²) in [4.78, 5) is 22.9. The summed E-state index contributed by atoms with van der Waals surface area (Å²) in [5, 5.41) is 27.3. The van der Waals surface area contributed by atoms with Crippen molar-refractivity contribution < 1.29 is 54.5 Å². The molecule has 340 valence electrons. The zero-order valence-corrected chi connectivity index (χ0v) is 37.3. The van der Waals surface area contributed by atoms with Gasteiger partial charge in [0.15, 0.2) is 13.2 Å². The minimum atomic E-state index is -3.86. The number of carboxylic acid groups (broad SMARTS) is 1. The molecule has 6 aromatic carbocycles. The first-order valence-electron chi connectivity index (χ1n) is 19.7. The maximum atomic E-state index is 13.1. The van der Waals surface area contributed by atoms with Gasteiger partial charge in [-0.3, -0.25) is 0 Å². The summed E-state index contributed by atoms with van der Waals surface area (Å²) >= 11 is 0. The smallest absolute Gasteiger partial charge is 0.344 e. The van der Waals surface area contributed by atoms with E-state index in [1.165, 1.54) is 24.3 Å². The van der Waals surface area contributed by atoms with Gasteiger partial charge in [-0.25, -0.2) is 44.6 Å². The molecule has 0 heterocycles. The van der Waals surface area contributed by atoms with Crippen LogP contribution in [0.1, 0.15) is 43.0 Å². The van der Waals surface area contributed by atoms with Crippen LogP contribution in [0.25, 0.3) is 22.3 Å². The van der Waals surface area contributed by atoms with Crippen LogP contribution in [0, 0.1) is 34.3 Å². The molecule has 0 saturated heterocycles. The maximum Gasteiger partial charge on any atom is 0.344 e. The number of benzene rings is 6. The van der Waals surface area contributed by atoms with Crippen LogP contribution in [0.3, 0.4) is 0 Å². The Morgan fingerprint density at radius 1 is 0.606 bits per heavy atom. The van der Waals surface area contributed by atoms with Crippen molar-refractivity contribution in [1.82, 2.24) is 9.44 Å². The zero-order valence-electron chi connectivity index (χ0n) is 35.6. The van der Waals surface area contributed by atoms with Gasteiger partial charge in [0.05, 0.1) is 33.1 Å². The number of nitrogens with one attached hydrogen (secondary N) is 2. The fraction of sp³-hybridized carbons (Fsp3) is 0.167. The Morgan fingerprint density at radius 2 is 1.02 bits per heavy atom. The lowest BCUT2D eigenvalue weighted by atomic mass is 10.00. The lowest BCUT2D eigenvalue weighted by Gasteiger charge is -2.20. The van der Waals surface area contributed by atoms with Crippen LogP contribution < -0.4 is 18.9 Å². The van der Waals surface area contributed by atoms with Gasteiger partial charge in [-0.15, -0.1) is 0 Å². The van der Waals surface area contributed by atoms with Crippen LogP contribution in [0.15, 0.2) is 143 Å². The molecule has 0 unspecified atom stereocenters. The molecular formula is C48H42F2N4O10S2. The second kappa shape index (κ2) is 21.9. The fourth-order valence-electron chi connectivity index (χ4n) is 5.99. The van der Waals surface area contributed by atoms with Crippen molar-refractivity contribution in [3.63, 3.8) is 0 Å². The third kappa shape index (κ3) is 14.5. The summed E-state index contributed by atoms with van der Waals surface area (Å²) in [6.07, 6.45) is 0. The van der Waals surface area contributed by atoms with Gasteiger partial charge in [0.25, 0.3) is 0 Å². The monoisotopic (exact) mass is 936 g/mol. The molecule has 0 aliphatic carbocycles. The Balaban J connectivity index is 0.000000249. The minimum Gasteiger partial charge on any atom is -0.481 e. The predicted molar refractivity (Wildman–Crippen MR) is 239 cm³/mol. The third-order valence-corrected chi connectivity index (χ3v) is 11.8. The van der Waals surface area contributed by atoms with Crippen molar-refractivity contribution in [3.8, 4) is 45.9 Å². The number of hydrogen-bond acceptors (Lipinski definition) is 11. The summed E-state index contributed by atoms with van der Waals surface area (Å²) in [6.45, 7) is 4.28. The third-order valence-electron chi connectivity index (χ3n) is 8.99. The first kappa shape index (κ1) is 49.5. The van der Waals surface area contributed by atoms with Crippen LogP contribution in [0.2, 0.25) is 0 Å². The molecular weight excluding hydrogens is 895 g/mol. The van der Waals surface area contributed by atoms with Gasteiger partial charge < -0.3 is 19.3 Å². The van der Waals surface area contributed by atoms with E-state index in [-0.39, 0.29) is 35.2 Å². The van der Waals surface area contributed by atoms with Gasteiger partial charge >= 0.3 is 11.9 Å².